The molecular weight excluding hydrogens is 278 g/mol. The minimum Gasteiger partial charge on any atom is -0.311 e. The van der Waals surface area contributed by atoms with Crippen LogP contribution in [0.15, 0.2) is 35.2 Å². The molecule has 0 atom stereocenters. The first-order valence-electron chi connectivity index (χ1n) is 7.51. The summed E-state index contributed by atoms with van der Waals surface area (Å²) in [5.41, 5.74) is 3.81. The van der Waals surface area contributed by atoms with E-state index in [1.54, 1.807) is 11.8 Å². The van der Waals surface area contributed by atoms with Crippen molar-refractivity contribution in [1.29, 1.82) is 0 Å². The maximum atomic E-state index is 4.84. The number of aromatic nitrogens is 2. The Bertz CT molecular complexity index is 611. The lowest BCUT2D eigenvalue weighted by Gasteiger charge is -2.21. The summed E-state index contributed by atoms with van der Waals surface area (Å²) in [6.07, 6.45) is 1.05. The predicted molar refractivity (Wildman–Crippen MR) is 87.5 cm³/mol. The van der Waals surface area contributed by atoms with E-state index in [0.717, 1.165) is 31.1 Å². The van der Waals surface area contributed by atoms with Crippen molar-refractivity contribution in [3.8, 4) is 0 Å². The Morgan fingerprint density at radius 1 is 1.19 bits per heavy atom. The quantitative estimate of drug-likeness (QED) is 0.876. The summed E-state index contributed by atoms with van der Waals surface area (Å²) >= 11 is 1.80. The number of hydrogen-bond acceptors (Lipinski definition) is 4. The Labute approximate surface area is 130 Å². The van der Waals surface area contributed by atoms with Gasteiger partial charge in [0.2, 0.25) is 0 Å². The molecule has 3 nitrogen and oxygen atoms in total. The van der Waals surface area contributed by atoms with Crippen molar-refractivity contribution in [2.45, 2.75) is 43.4 Å². The maximum absolute atomic E-state index is 4.84. The zero-order valence-electron chi connectivity index (χ0n) is 12.6. The standard InChI is InChI=1S/C17H21N3S/c1-12(2)17-14-8-9-18-10-15(14)19-16(20-17)11-21-13-6-4-3-5-7-13/h3-7,12,18H,8-11H2,1-2H3. The Balaban J connectivity index is 1.84. The third-order valence-electron chi connectivity index (χ3n) is 3.67. The van der Waals surface area contributed by atoms with Gasteiger partial charge in [0.25, 0.3) is 0 Å². The number of benzene rings is 1. The van der Waals surface area contributed by atoms with Crippen LogP contribution in [0.25, 0.3) is 0 Å². The molecule has 0 bridgehead atoms. The third-order valence-corrected chi connectivity index (χ3v) is 4.68. The fourth-order valence-electron chi connectivity index (χ4n) is 2.65. The fraction of sp³-hybridized carbons (Fsp3) is 0.412. The largest absolute Gasteiger partial charge is 0.311 e. The number of nitrogens with zero attached hydrogens (tertiary/aromatic N) is 2. The van der Waals surface area contributed by atoms with Gasteiger partial charge in [-0.05, 0) is 36.6 Å². The first kappa shape index (κ1) is 14.5. The average molecular weight is 299 g/mol. The summed E-state index contributed by atoms with van der Waals surface area (Å²) in [6, 6.07) is 10.4. The van der Waals surface area contributed by atoms with Crippen LogP contribution in [-0.4, -0.2) is 16.5 Å². The van der Waals surface area contributed by atoms with Crippen molar-refractivity contribution >= 4 is 11.8 Å². The Hall–Kier alpha value is -1.39. The first-order chi connectivity index (χ1) is 10.2. The molecule has 0 aliphatic carbocycles. The highest BCUT2D eigenvalue weighted by Gasteiger charge is 2.19. The molecule has 1 aromatic carbocycles. The molecule has 0 spiro atoms. The maximum Gasteiger partial charge on any atom is 0.139 e. The molecule has 1 aliphatic heterocycles. The van der Waals surface area contributed by atoms with Gasteiger partial charge in [0.1, 0.15) is 5.82 Å². The molecule has 0 amide bonds. The molecule has 1 aromatic heterocycles. The molecule has 21 heavy (non-hydrogen) atoms. The molecule has 3 rings (SSSR count). The van der Waals surface area contributed by atoms with E-state index in [1.165, 1.54) is 21.8 Å². The SMILES string of the molecule is CC(C)c1nc(CSc2ccccc2)nc2c1CCNC2. The zero-order valence-corrected chi connectivity index (χ0v) is 13.4. The lowest BCUT2D eigenvalue weighted by molar-refractivity contribution is 0.603. The number of fused-ring (bicyclic) bond motifs is 1. The van der Waals surface area contributed by atoms with E-state index in [-0.39, 0.29) is 0 Å². The average Bonchev–Trinajstić information content (AvgIpc) is 2.53. The van der Waals surface area contributed by atoms with Crippen LogP contribution >= 0.6 is 11.8 Å². The zero-order chi connectivity index (χ0) is 14.7. The van der Waals surface area contributed by atoms with E-state index in [0.29, 0.717) is 5.92 Å². The molecule has 2 heterocycles. The van der Waals surface area contributed by atoms with Gasteiger partial charge in [0.05, 0.1) is 17.1 Å². The molecule has 0 radical (unpaired) electrons. The summed E-state index contributed by atoms with van der Waals surface area (Å²) in [5, 5.41) is 3.41. The number of thioether (sulfide) groups is 1. The molecule has 4 heteroatoms. The fourth-order valence-corrected chi connectivity index (χ4v) is 3.42. The van der Waals surface area contributed by atoms with Gasteiger partial charge in [-0.15, -0.1) is 11.8 Å². The topological polar surface area (TPSA) is 37.8 Å². The number of rotatable bonds is 4. The van der Waals surface area contributed by atoms with E-state index in [2.05, 4.69) is 43.4 Å². The van der Waals surface area contributed by atoms with E-state index in [1.807, 2.05) is 6.07 Å². The summed E-state index contributed by atoms with van der Waals surface area (Å²) in [4.78, 5) is 10.9. The van der Waals surface area contributed by atoms with Gasteiger partial charge in [0.15, 0.2) is 0 Å². The Morgan fingerprint density at radius 3 is 2.76 bits per heavy atom. The molecule has 0 saturated carbocycles. The van der Waals surface area contributed by atoms with Gasteiger partial charge in [0, 0.05) is 11.4 Å². The minimum absolute atomic E-state index is 0.459. The second kappa shape index (κ2) is 6.58. The van der Waals surface area contributed by atoms with E-state index in [9.17, 15) is 0 Å². The van der Waals surface area contributed by atoms with E-state index < -0.39 is 0 Å². The number of hydrogen-bond donors (Lipinski definition) is 1. The monoisotopic (exact) mass is 299 g/mol. The smallest absolute Gasteiger partial charge is 0.139 e. The Kier molecular flexibility index (Phi) is 4.56. The van der Waals surface area contributed by atoms with Crippen LogP contribution in [0, 0.1) is 0 Å². The molecule has 110 valence electrons. The van der Waals surface area contributed by atoms with Crippen molar-refractivity contribution in [2.75, 3.05) is 6.54 Å². The van der Waals surface area contributed by atoms with E-state index >= 15 is 0 Å². The summed E-state index contributed by atoms with van der Waals surface area (Å²) in [6.45, 7) is 6.35. The van der Waals surface area contributed by atoms with Crippen LogP contribution in [0.5, 0.6) is 0 Å². The van der Waals surface area contributed by atoms with Crippen LogP contribution < -0.4 is 5.32 Å². The molecule has 2 aromatic rings. The normalized spacial score (nSPS) is 14.2. The van der Waals surface area contributed by atoms with Crippen LogP contribution in [0.4, 0.5) is 0 Å². The lowest BCUT2D eigenvalue weighted by atomic mass is 9.97. The minimum atomic E-state index is 0.459. The summed E-state index contributed by atoms with van der Waals surface area (Å²) in [7, 11) is 0. The summed E-state index contributed by atoms with van der Waals surface area (Å²) in [5.74, 6) is 2.24. The van der Waals surface area contributed by atoms with Gasteiger partial charge in [-0.25, -0.2) is 9.97 Å². The highest BCUT2D eigenvalue weighted by atomic mass is 32.2. The second-order valence-electron chi connectivity index (χ2n) is 5.63. The van der Waals surface area contributed by atoms with Gasteiger partial charge in [-0.3, -0.25) is 0 Å². The van der Waals surface area contributed by atoms with Crippen LogP contribution in [0.3, 0.4) is 0 Å². The molecular formula is C17H21N3S. The molecule has 1 N–H and O–H groups in total. The van der Waals surface area contributed by atoms with Crippen LogP contribution in [0.1, 0.15) is 42.5 Å². The van der Waals surface area contributed by atoms with E-state index in [4.69, 9.17) is 9.97 Å². The van der Waals surface area contributed by atoms with Gasteiger partial charge in [-0.2, -0.15) is 0 Å². The highest BCUT2D eigenvalue weighted by Crippen LogP contribution is 2.26. The first-order valence-corrected chi connectivity index (χ1v) is 8.49. The van der Waals surface area contributed by atoms with Crippen molar-refractivity contribution in [3.63, 3.8) is 0 Å². The molecule has 0 fully saturated rings. The third kappa shape index (κ3) is 3.44. The van der Waals surface area contributed by atoms with Crippen LogP contribution in [0.2, 0.25) is 0 Å². The molecule has 0 saturated heterocycles. The van der Waals surface area contributed by atoms with Crippen molar-refractivity contribution in [3.05, 3.63) is 53.1 Å². The van der Waals surface area contributed by atoms with Crippen LogP contribution in [-0.2, 0) is 18.7 Å². The van der Waals surface area contributed by atoms with Gasteiger partial charge < -0.3 is 5.32 Å². The second-order valence-corrected chi connectivity index (χ2v) is 6.68. The summed E-state index contributed by atoms with van der Waals surface area (Å²) < 4.78 is 0. The number of nitrogens with one attached hydrogen (secondary N) is 1. The van der Waals surface area contributed by atoms with Crippen molar-refractivity contribution < 1.29 is 0 Å². The molecule has 0 unspecified atom stereocenters. The predicted octanol–water partition coefficient (Wildman–Crippen LogP) is 3.54. The highest BCUT2D eigenvalue weighted by molar-refractivity contribution is 7.98. The van der Waals surface area contributed by atoms with Gasteiger partial charge >= 0.3 is 0 Å². The van der Waals surface area contributed by atoms with Crippen molar-refractivity contribution in [2.24, 2.45) is 0 Å². The van der Waals surface area contributed by atoms with Crippen molar-refractivity contribution in [1.82, 2.24) is 15.3 Å². The van der Waals surface area contributed by atoms with Gasteiger partial charge in [-0.1, -0.05) is 32.0 Å². The lowest BCUT2D eigenvalue weighted by Crippen LogP contribution is -2.27. The Morgan fingerprint density at radius 2 is 2.00 bits per heavy atom. The molecule has 1 aliphatic rings.